The third-order valence-electron chi connectivity index (χ3n) is 7.58. The van der Waals surface area contributed by atoms with Gasteiger partial charge >= 0.3 is 5.97 Å². The molecule has 0 saturated carbocycles. The molecule has 0 saturated heterocycles. The van der Waals surface area contributed by atoms with Gasteiger partial charge in [0.1, 0.15) is 22.8 Å². The summed E-state index contributed by atoms with van der Waals surface area (Å²) in [5.41, 5.74) is 7.47. The van der Waals surface area contributed by atoms with Gasteiger partial charge in [-0.3, -0.25) is 0 Å². The molecule has 6 rings (SSSR count). The number of carbonyl (C=O) groups excluding carboxylic acids is 1. The molecule has 1 unspecified atom stereocenters. The van der Waals surface area contributed by atoms with Gasteiger partial charge in [0.05, 0.1) is 24.2 Å². The van der Waals surface area contributed by atoms with Crippen LogP contribution in [0, 0.1) is 6.92 Å². The highest BCUT2D eigenvalue weighted by Crippen LogP contribution is 2.29. The van der Waals surface area contributed by atoms with E-state index in [0.29, 0.717) is 12.3 Å². The highest BCUT2D eigenvalue weighted by molar-refractivity contribution is 5.83. The molecule has 43 heavy (non-hydrogen) atoms. The molecule has 3 aromatic heterocycles. The maximum Gasteiger partial charge on any atom is 0.352 e. The molecule has 0 fully saturated rings. The Balaban J connectivity index is 1.33. The first-order valence-corrected chi connectivity index (χ1v) is 14.7. The summed E-state index contributed by atoms with van der Waals surface area (Å²) in [4.78, 5) is 27.8. The van der Waals surface area contributed by atoms with E-state index < -0.39 is 12.1 Å². The lowest BCUT2D eigenvalue weighted by Gasteiger charge is -2.18. The monoisotopic (exact) mass is 573 g/mol. The number of fused-ring (bicyclic) bond motifs is 2. The van der Waals surface area contributed by atoms with E-state index in [0.717, 1.165) is 69.1 Å². The lowest BCUT2D eigenvalue weighted by atomic mass is 10.1. The van der Waals surface area contributed by atoms with Crippen LogP contribution in [0.4, 0.5) is 0 Å². The van der Waals surface area contributed by atoms with Crippen LogP contribution >= 0.6 is 0 Å². The Morgan fingerprint density at radius 2 is 1.65 bits per heavy atom. The first kappa shape index (κ1) is 28.2. The number of carbonyl (C=O) groups is 1. The number of hydrogen-bond donors (Lipinski definition) is 0. The molecule has 3 heterocycles. The van der Waals surface area contributed by atoms with Crippen LogP contribution in [0.15, 0.2) is 84.9 Å². The third-order valence-corrected chi connectivity index (χ3v) is 7.58. The molecule has 0 amide bonds. The van der Waals surface area contributed by atoms with Crippen LogP contribution in [0.25, 0.3) is 33.7 Å². The zero-order valence-electron chi connectivity index (χ0n) is 24.9. The average Bonchev–Trinajstić information content (AvgIpc) is 3.55. The Kier molecular flexibility index (Phi) is 7.92. The lowest BCUT2D eigenvalue weighted by molar-refractivity contribution is -0.151. The van der Waals surface area contributed by atoms with Crippen LogP contribution in [0.5, 0.6) is 5.75 Å². The minimum atomic E-state index is -0.839. The number of esters is 1. The first-order valence-electron chi connectivity index (χ1n) is 14.7. The minimum absolute atomic E-state index is 0.287. The fourth-order valence-electron chi connectivity index (χ4n) is 5.45. The number of aryl methyl sites for hydroxylation is 3. The van der Waals surface area contributed by atoms with Crippen molar-refractivity contribution in [3.8, 4) is 17.3 Å². The van der Waals surface area contributed by atoms with Gasteiger partial charge in [-0.2, -0.15) is 0 Å². The number of rotatable bonds is 10. The number of aromatic nitrogens is 5. The van der Waals surface area contributed by atoms with Crippen LogP contribution in [-0.4, -0.2) is 36.7 Å². The number of para-hydroxylation sites is 2. The summed E-state index contributed by atoms with van der Waals surface area (Å²) in [6.07, 6.45) is 0.979. The molecule has 0 aliphatic carbocycles. The molecule has 0 radical (unpaired) electrons. The highest BCUT2D eigenvalue weighted by atomic mass is 16.6. The second kappa shape index (κ2) is 12.1. The number of ether oxygens (including phenoxy) is 2. The number of pyridine rings is 1. The minimum Gasteiger partial charge on any atom is -0.474 e. The van der Waals surface area contributed by atoms with Gasteiger partial charge in [0, 0.05) is 19.0 Å². The van der Waals surface area contributed by atoms with Crippen molar-refractivity contribution in [1.29, 1.82) is 0 Å². The summed E-state index contributed by atoms with van der Waals surface area (Å²) in [5, 5.41) is 0. The first-order chi connectivity index (χ1) is 21.0. The van der Waals surface area contributed by atoms with Gasteiger partial charge in [0.25, 0.3) is 0 Å². The zero-order chi connectivity index (χ0) is 29.9. The SMILES string of the molecule is CCCc1nc2c(C)cc(-c3nc4ccccc4n3C)nc2n1Cc1ccc(OC(C(=O)OCC)c2ccccc2)cc1. The van der Waals surface area contributed by atoms with Crippen molar-refractivity contribution >= 4 is 28.2 Å². The Labute approximate surface area is 251 Å². The second-order valence-electron chi connectivity index (χ2n) is 10.6. The summed E-state index contributed by atoms with van der Waals surface area (Å²) >= 11 is 0. The maximum atomic E-state index is 12.7. The van der Waals surface area contributed by atoms with Crippen molar-refractivity contribution < 1.29 is 14.3 Å². The molecule has 8 heteroatoms. The van der Waals surface area contributed by atoms with E-state index in [2.05, 4.69) is 35.1 Å². The fraction of sp³-hybridized carbons (Fsp3) is 0.257. The second-order valence-corrected chi connectivity index (χ2v) is 10.6. The molecular weight excluding hydrogens is 538 g/mol. The topological polar surface area (TPSA) is 84.1 Å². The zero-order valence-corrected chi connectivity index (χ0v) is 24.9. The summed E-state index contributed by atoms with van der Waals surface area (Å²) in [6, 6.07) is 27.4. The van der Waals surface area contributed by atoms with Crippen molar-refractivity contribution in [3.05, 3.63) is 107 Å². The van der Waals surface area contributed by atoms with Crippen molar-refractivity contribution in [3.63, 3.8) is 0 Å². The van der Waals surface area contributed by atoms with Crippen LogP contribution in [0.1, 0.15) is 48.9 Å². The molecule has 3 aromatic carbocycles. The number of nitrogens with zero attached hydrogens (tertiary/aromatic N) is 5. The summed E-state index contributed by atoms with van der Waals surface area (Å²) in [5.74, 6) is 2.01. The number of imidazole rings is 2. The van der Waals surface area contributed by atoms with E-state index in [1.165, 1.54) is 0 Å². The highest BCUT2D eigenvalue weighted by Gasteiger charge is 2.24. The predicted octanol–water partition coefficient (Wildman–Crippen LogP) is 6.98. The van der Waals surface area contributed by atoms with Crippen LogP contribution in [0.3, 0.4) is 0 Å². The lowest BCUT2D eigenvalue weighted by Crippen LogP contribution is -2.21. The average molecular weight is 574 g/mol. The molecule has 0 spiro atoms. The molecule has 0 N–H and O–H groups in total. The van der Waals surface area contributed by atoms with Crippen molar-refractivity contribution in [2.75, 3.05) is 6.61 Å². The van der Waals surface area contributed by atoms with Crippen molar-refractivity contribution in [1.82, 2.24) is 24.1 Å². The molecule has 0 bridgehead atoms. The summed E-state index contributed by atoms with van der Waals surface area (Å²) in [6.45, 7) is 6.93. The van der Waals surface area contributed by atoms with Gasteiger partial charge in [-0.15, -0.1) is 0 Å². The maximum absolute atomic E-state index is 12.7. The van der Waals surface area contributed by atoms with Crippen LogP contribution in [-0.2, 0) is 29.5 Å². The van der Waals surface area contributed by atoms with Gasteiger partial charge in [-0.05, 0) is 61.7 Å². The van der Waals surface area contributed by atoms with E-state index in [4.69, 9.17) is 24.4 Å². The Morgan fingerprint density at radius 3 is 2.37 bits per heavy atom. The van der Waals surface area contributed by atoms with Gasteiger partial charge in [-0.1, -0.05) is 61.5 Å². The molecule has 0 aliphatic heterocycles. The quantitative estimate of drug-likeness (QED) is 0.165. The normalized spacial score (nSPS) is 12.1. The van der Waals surface area contributed by atoms with Gasteiger partial charge in [0.2, 0.25) is 6.10 Å². The Hall–Kier alpha value is -4.98. The van der Waals surface area contributed by atoms with E-state index in [1.54, 1.807) is 6.92 Å². The van der Waals surface area contributed by atoms with E-state index in [-0.39, 0.29) is 6.61 Å². The third kappa shape index (κ3) is 5.60. The van der Waals surface area contributed by atoms with Gasteiger partial charge in [0.15, 0.2) is 11.5 Å². The predicted molar refractivity (Wildman–Crippen MR) is 168 cm³/mol. The largest absolute Gasteiger partial charge is 0.474 e. The van der Waals surface area contributed by atoms with Gasteiger partial charge < -0.3 is 18.6 Å². The standard InChI is InChI=1S/C35H35N5O3/c1-5-12-30-38-31-23(3)21-28(33-36-27-15-10-11-16-29(27)39(33)4)37-34(31)40(30)22-24-17-19-26(20-18-24)43-32(35(41)42-6-2)25-13-8-7-9-14-25/h7-11,13-21,32H,5-6,12,22H2,1-4H3. The van der Waals surface area contributed by atoms with Crippen molar-refractivity contribution in [2.45, 2.75) is 46.3 Å². The van der Waals surface area contributed by atoms with Crippen molar-refractivity contribution in [2.24, 2.45) is 7.05 Å². The van der Waals surface area contributed by atoms with Crippen LogP contribution in [0.2, 0.25) is 0 Å². The Bertz CT molecular complexity index is 1890. The summed E-state index contributed by atoms with van der Waals surface area (Å²) < 4.78 is 15.7. The van der Waals surface area contributed by atoms with E-state index in [9.17, 15) is 4.79 Å². The molecule has 6 aromatic rings. The Morgan fingerprint density at radius 1 is 0.907 bits per heavy atom. The number of hydrogen-bond acceptors (Lipinski definition) is 6. The molecule has 8 nitrogen and oxygen atoms in total. The van der Waals surface area contributed by atoms with E-state index >= 15 is 0 Å². The molecular formula is C35H35N5O3. The van der Waals surface area contributed by atoms with Gasteiger partial charge in [-0.25, -0.2) is 19.7 Å². The molecule has 0 aliphatic rings. The molecule has 1 atom stereocenters. The van der Waals surface area contributed by atoms with Crippen LogP contribution < -0.4 is 4.74 Å². The smallest absolute Gasteiger partial charge is 0.352 e. The summed E-state index contributed by atoms with van der Waals surface area (Å²) in [7, 11) is 2.03. The molecule has 218 valence electrons. The fourth-order valence-corrected chi connectivity index (χ4v) is 5.45. The van der Waals surface area contributed by atoms with E-state index in [1.807, 2.05) is 79.8 Å². The number of benzene rings is 3.